The topological polar surface area (TPSA) is 47.6 Å². The number of benzene rings is 2. The van der Waals surface area contributed by atoms with Crippen molar-refractivity contribution in [3.63, 3.8) is 0 Å². The van der Waals surface area contributed by atoms with E-state index in [0.29, 0.717) is 11.4 Å². The quantitative estimate of drug-likeness (QED) is 0.887. The van der Waals surface area contributed by atoms with E-state index in [1.807, 2.05) is 26.0 Å². The zero-order chi connectivity index (χ0) is 17.7. The number of halogens is 3. The minimum absolute atomic E-state index is 0.203. The van der Waals surface area contributed by atoms with Crippen molar-refractivity contribution in [2.45, 2.75) is 20.2 Å². The Bertz CT molecular complexity index is 712. The monoisotopic (exact) mass is 339 g/mol. The smallest absolute Gasteiger partial charge is 0.483 e. The summed E-state index contributed by atoms with van der Waals surface area (Å²) >= 11 is 0. The number of ether oxygens (including phenoxy) is 2. The van der Waals surface area contributed by atoms with Crippen molar-refractivity contribution >= 4 is 11.6 Å². The van der Waals surface area contributed by atoms with Crippen molar-refractivity contribution in [1.82, 2.24) is 0 Å². The molecular formula is C17H16F3NO3. The summed E-state index contributed by atoms with van der Waals surface area (Å²) in [6.07, 6.45) is -4.75. The Morgan fingerprint density at radius 3 is 2.38 bits per heavy atom. The van der Waals surface area contributed by atoms with Crippen LogP contribution in [0.5, 0.6) is 11.5 Å². The standard InChI is InChI=1S/C17H16F3NO3/c1-11-4-3-5-15(12(11)2)23-10-16(22)21-13-6-8-14(9-7-13)24-17(18,19)20/h3-9H,10H2,1-2H3,(H,21,22). The largest absolute Gasteiger partial charge is 0.573 e. The highest BCUT2D eigenvalue weighted by Crippen LogP contribution is 2.24. The molecule has 24 heavy (non-hydrogen) atoms. The lowest BCUT2D eigenvalue weighted by Crippen LogP contribution is -2.20. The van der Waals surface area contributed by atoms with Crippen LogP contribution in [0.25, 0.3) is 0 Å². The van der Waals surface area contributed by atoms with E-state index in [1.54, 1.807) is 6.07 Å². The molecule has 0 heterocycles. The Morgan fingerprint density at radius 1 is 1.08 bits per heavy atom. The third-order valence-corrected chi connectivity index (χ3v) is 3.29. The number of carbonyl (C=O) groups is 1. The highest BCUT2D eigenvalue weighted by molar-refractivity contribution is 5.91. The van der Waals surface area contributed by atoms with Crippen LogP contribution in [0.1, 0.15) is 11.1 Å². The SMILES string of the molecule is Cc1cccc(OCC(=O)Nc2ccc(OC(F)(F)F)cc2)c1C. The van der Waals surface area contributed by atoms with Crippen LogP contribution >= 0.6 is 0 Å². The van der Waals surface area contributed by atoms with Gasteiger partial charge in [0.1, 0.15) is 11.5 Å². The number of hydrogen-bond acceptors (Lipinski definition) is 3. The first-order valence-corrected chi connectivity index (χ1v) is 7.09. The molecule has 0 fully saturated rings. The molecule has 0 atom stereocenters. The van der Waals surface area contributed by atoms with E-state index < -0.39 is 12.3 Å². The number of amides is 1. The molecule has 0 saturated carbocycles. The van der Waals surface area contributed by atoms with Crippen LogP contribution in [0, 0.1) is 13.8 Å². The molecule has 0 saturated heterocycles. The van der Waals surface area contributed by atoms with Crippen LogP contribution in [0.4, 0.5) is 18.9 Å². The zero-order valence-corrected chi connectivity index (χ0v) is 13.1. The predicted molar refractivity (Wildman–Crippen MR) is 83.2 cm³/mol. The molecule has 0 aliphatic carbocycles. The zero-order valence-electron chi connectivity index (χ0n) is 13.1. The third-order valence-electron chi connectivity index (χ3n) is 3.29. The van der Waals surface area contributed by atoms with Crippen LogP contribution in [0.2, 0.25) is 0 Å². The van der Waals surface area contributed by atoms with Gasteiger partial charge < -0.3 is 14.8 Å². The highest BCUT2D eigenvalue weighted by atomic mass is 19.4. The number of aryl methyl sites for hydroxylation is 1. The molecule has 0 bridgehead atoms. The fraction of sp³-hybridized carbons (Fsp3) is 0.235. The summed E-state index contributed by atoms with van der Waals surface area (Å²) in [7, 11) is 0. The Morgan fingerprint density at radius 2 is 1.75 bits per heavy atom. The van der Waals surface area contributed by atoms with Crippen molar-refractivity contribution in [3.8, 4) is 11.5 Å². The van der Waals surface area contributed by atoms with E-state index in [9.17, 15) is 18.0 Å². The van der Waals surface area contributed by atoms with Crippen LogP contribution in [0.3, 0.4) is 0 Å². The van der Waals surface area contributed by atoms with Crippen molar-refractivity contribution in [1.29, 1.82) is 0 Å². The minimum Gasteiger partial charge on any atom is -0.483 e. The maximum atomic E-state index is 12.1. The van der Waals surface area contributed by atoms with Gasteiger partial charge in [-0.3, -0.25) is 4.79 Å². The van der Waals surface area contributed by atoms with Gasteiger partial charge in [0, 0.05) is 5.69 Å². The molecule has 0 aliphatic heterocycles. The molecule has 1 N–H and O–H groups in total. The van der Waals surface area contributed by atoms with E-state index in [1.165, 1.54) is 12.1 Å². The second kappa shape index (κ2) is 7.25. The molecule has 128 valence electrons. The molecule has 0 spiro atoms. The van der Waals surface area contributed by atoms with Crippen LogP contribution in [0.15, 0.2) is 42.5 Å². The van der Waals surface area contributed by atoms with Crippen LogP contribution in [-0.2, 0) is 4.79 Å². The average molecular weight is 339 g/mol. The molecular weight excluding hydrogens is 323 g/mol. The van der Waals surface area contributed by atoms with E-state index in [4.69, 9.17) is 4.74 Å². The summed E-state index contributed by atoms with van der Waals surface area (Å²) in [5.74, 6) is -0.161. The summed E-state index contributed by atoms with van der Waals surface area (Å²) in [4.78, 5) is 11.8. The second-order valence-corrected chi connectivity index (χ2v) is 5.11. The van der Waals surface area contributed by atoms with Gasteiger partial charge >= 0.3 is 6.36 Å². The van der Waals surface area contributed by atoms with Crippen LogP contribution < -0.4 is 14.8 Å². The second-order valence-electron chi connectivity index (χ2n) is 5.11. The number of hydrogen-bond donors (Lipinski definition) is 1. The Hall–Kier alpha value is -2.70. The Labute approximate surface area is 137 Å². The predicted octanol–water partition coefficient (Wildman–Crippen LogP) is 4.22. The lowest BCUT2D eigenvalue weighted by molar-refractivity contribution is -0.274. The summed E-state index contributed by atoms with van der Waals surface area (Å²) < 4.78 is 45.4. The first-order chi connectivity index (χ1) is 11.2. The fourth-order valence-corrected chi connectivity index (χ4v) is 1.96. The summed E-state index contributed by atoms with van der Waals surface area (Å²) in [5.41, 5.74) is 2.34. The fourth-order valence-electron chi connectivity index (χ4n) is 1.96. The minimum atomic E-state index is -4.75. The van der Waals surface area contributed by atoms with Crippen molar-refractivity contribution < 1.29 is 27.4 Å². The van der Waals surface area contributed by atoms with Gasteiger partial charge in [0.25, 0.3) is 5.91 Å². The normalized spacial score (nSPS) is 11.0. The number of alkyl halides is 3. The molecule has 0 unspecified atom stereocenters. The molecule has 0 aliphatic rings. The Kier molecular flexibility index (Phi) is 5.33. The summed E-state index contributed by atoms with van der Waals surface area (Å²) in [6.45, 7) is 3.62. The number of anilines is 1. The first kappa shape index (κ1) is 17.7. The van der Waals surface area contributed by atoms with Gasteiger partial charge in [-0.15, -0.1) is 13.2 Å². The van der Waals surface area contributed by atoms with Crippen molar-refractivity contribution in [2.75, 3.05) is 11.9 Å². The van der Waals surface area contributed by atoms with Gasteiger partial charge in [-0.25, -0.2) is 0 Å². The third kappa shape index (κ3) is 5.19. The lowest BCUT2D eigenvalue weighted by Gasteiger charge is -2.12. The maximum Gasteiger partial charge on any atom is 0.573 e. The van der Waals surface area contributed by atoms with E-state index in [2.05, 4.69) is 10.1 Å². The average Bonchev–Trinajstić information content (AvgIpc) is 2.49. The Balaban J connectivity index is 1.89. The molecule has 0 aromatic heterocycles. The summed E-state index contributed by atoms with van der Waals surface area (Å²) in [6, 6.07) is 10.4. The van der Waals surface area contributed by atoms with Gasteiger partial charge in [0.05, 0.1) is 0 Å². The van der Waals surface area contributed by atoms with Gasteiger partial charge in [-0.05, 0) is 55.3 Å². The number of nitrogens with one attached hydrogen (secondary N) is 1. The number of rotatable bonds is 5. The summed E-state index contributed by atoms with van der Waals surface area (Å²) in [5, 5.41) is 2.54. The first-order valence-electron chi connectivity index (χ1n) is 7.09. The maximum absolute atomic E-state index is 12.1. The van der Waals surface area contributed by atoms with Crippen molar-refractivity contribution in [3.05, 3.63) is 53.6 Å². The van der Waals surface area contributed by atoms with Crippen LogP contribution in [-0.4, -0.2) is 18.9 Å². The molecule has 1 amide bonds. The van der Waals surface area contributed by atoms with Gasteiger partial charge in [-0.1, -0.05) is 12.1 Å². The molecule has 2 aromatic rings. The molecule has 7 heteroatoms. The molecule has 2 aromatic carbocycles. The highest BCUT2D eigenvalue weighted by Gasteiger charge is 2.30. The molecule has 0 radical (unpaired) electrons. The van der Waals surface area contributed by atoms with E-state index >= 15 is 0 Å². The van der Waals surface area contributed by atoms with Crippen molar-refractivity contribution in [2.24, 2.45) is 0 Å². The van der Waals surface area contributed by atoms with E-state index in [-0.39, 0.29) is 12.4 Å². The molecule has 4 nitrogen and oxygen atoms in total. The number of carbonyl (C=O) groups excluding carboxylic acids is 1. The lowest BCUT2D eigenvalue weighted by atomic mass is 10.1. The molecule has 2 rings (SSSR count). The van der Waals surface area contributed by atoms with Gasteiger partial charge in [0.2, 0.25) is 0 Å². The van der Waals surface area contributed by atoms with Gasteiger partial charge in [-0.2, -0.15) is 0 Å². The van der Waals surface area contributed by atoms with E-state index in [0.717, 1.165) is 23.3 Å². The van der Waals surface area contributed by atoms with Gasteiger partial charge in [0.15, 0.2) is 6.61 Å².